The van der Waals surface area contributed by atoms with Gasteiger partial charge in [0, 0.05) is 64.5 Å². The average molecular weight is 489 g/mol. The molecule has 0 aromatic heterocycles. The second-order valence-corrected chi connectivity index (χ2v) is 7.07. The van der Waals surface area contributed by atoms with E-state index in [4.69, 9.17) is 18.9 Å². The highest BCUT2D eigenvalue weighted by Gasteiger charge is 2.21. The highest BCUT2D eigenvalue weighted by Crippen LogP contribution is 2.40. The van der Waals surface area contributed by atoms with Crippen LogP contribution in [-0.2, 0) is 11.3 Å². The van der Waals surface area contributed by atoms with Crippen molar-refractivity contribution in [3.05, 3.63) is 17.7 Å². The van der Waals surface area contributed by atoms with E-state index in [1.165, 1.54) is 0 Å². The van der Waals surface area contributed by atoms with E-state index in [-0.39, 0.29) is 37.2 Å². The van der Waals surface area contributed by atoms with Crippen molar-refractivity contribution in [2.75, 3.05) is 86.9 Å². The van der Waals surface area contributed by atoms with Crippen LogP contribution in [0.5, 0.6) is 17.2 Å². The molecule has 10 heteroatoms. The molecule has 2 fully saturated rings. The fourth-order valence-electron chi connectivity index (χ4n) is 3.81. The second kappa shape index (κ2) is 15.2. The molecule has 2 aliphatic rings. The third kappa shape index (κ3) is 7.79. The minimum atomic E-state index is 0. The minimum absolute atomic E-state index is 0. The van der Waals surface area contributed by atoms with Crippen molar-refractivity contribution < 1.29 is 18.9 Å². The van der Waals surface area contributed by atoms with Gasteiger partial charge in [-0.05, 0) is 6.07 Å². The standard InChI is InChI=1S/C20H33N3O4.3ClH/c1-24-18-5-4-17(19(25-2)20(18)26-3)16-23-10-8-21(9-11-23)6-7-22-12-14-27-15-13-22;;;/h4-5H,6-16H2,1-3H3;3*1H. The Morgan fingerprint density at radius 1 is 0.700 bits per heavy atom. The fourth-order valence-corrected chi connectivity index (χ4v) is 3.81. The van der Waals surface area contributed by atoms with Crippen molar-refractivity contribution in [3.8, 4) is 17.2 Å². The molecular weight excluding hydrogens is 453 g/mol. The van der Waals surface area contributed by atoms with Crippen LogP contribution in [0.3, 0.4) is 0 Å². The lowest BCUT2D eigenvalue weighted by molar-refractivity contribution is 0.0296. The van der Waals surface area contributed by atoms with Gasteiger partial charge in [0.15, 0.2) is 11.5 Å². The molecule has 0 radical (unpaired) electrons. The van der Waals surface area contributed by atoms with Crippen LogP contribution in [-0.4, -0.2) is 102 Å². The van der Waals surface area contributed by atoms with Gasteiger partial charge in [-0.15, -0.1) is 37.2 Å². The van der Waals surface area contributed by atoms with Gasteiger partial charge < -0.3 is 18.9 Å². The zero-order valence-corrected chi connectivity index (χ0v) is 20.6. The third-order valence-corrected chi connectivity index (χ3v) is 5.48. The molecule has 1 aromatic rings. The Hall–Kier alpha value is -0.670. The van der Waals surface area contributed by atoms with Crippen molar-refractivity contribution in [2.45, 2.75) is 6.54 Å². The van der Waals surface area contributed by atoms with Crippen molar-refractivity contribution in [3.63, 3.8) is 0 Å². The van der Waals surface area contributed by atoms with Crippen molar-refractivity contribution >= 4 is 37.2 Å². The van der Waals surface area contributed by atoms with Crippen LogP contribution in [0.2, 0.25) is 0 Å². The van der Waals surface area contributed by atoms with Gasteiger partial charge in [-0.25, -0.2) is 0 Å². The first-order chi connectivity index (χ1) is 13.2. The van der Waals surface area contributed by atoms with Crippen LogP contribution in [0, 0.1) is 0 Å². The molecule has 176 valence electrons. The summed E-state index contributed by atoms with van der Waals surface area (Å²) in [5.74, 6) is 2.14. The minimum Gasteiger partial charge on any atom is -0.493 e. The number of methoxy groups -OCH3 is 3. The molecule has 1 aromatic carbocycles. The molecule has 0 aliphatic carbocycles. The van der Waals surface area contributed by atoms with Gasteiger partial charge >= 0.3 is 0 Å². The number of nitrogens with zero attached hydrogens (tertiary/aromatic N) is 3. The predicted molar refractivity (Wildman–Crippen MR) is 127 cm³/mol. The molecule has 0 N–H and O–H groups in total. The summed E-state index contributed by atoms with van der Waals surface area (Å²) in [6.07, 6.45) is 0. The lowest BCUT2D eigenvalue weighted by atomic mass is 10.1. The Morgan fingerprint density at radius 2 is 1.23 bits per heavy atom. The van der Waals surface area contributed by atoms with E-state index in [9.17, 15) is 0 Å². The highest BCUT2D eigenvalue weighted by atomic mass is 35.5. The second-order valence-electron chi connectivity index (χ2n) is 7.07. The quantitative estimate of drug-likeness (QED) is 0.557. The maximum Gasteiger partial charge on any atom is 0.203 e. The summed E-state index contributed by atoms with van der Waals surface area (Å²) in [6, 6.07) is 4.03. The number of ether oxygens (including phenoxy) is 4. The maximum absolute atomic E-state index is 5.62. The number of rotatable bonds is 8. The molecule has 7 nitrogen and oxygen atoms in total. The van der Waals surface area contributed by atoms with Crippen LogP contribution in [0.25, 0.3) is 0 Å². The van der Waals surface area contributed by atoms with E-state index in [0.717, 1.165) is 83.4 Å². The van der Waals surface area contributed by atoms with Crippen LogP contribution in [0.15, 0.2) is 12.1 Å². The van der Waals surface area contributed by atoms with E-state index in [0.29, 0.717) is 11.5 Å². The summed E-state index contributed by atoms with van der Waals surface area (Å²) in [5.41, 5.74) is 1.14. The van der Waals surface area contributed by atoms with Crippen LogP contribution in [0.4, 0.5) is 0 Å². The maximum atomic E-state index is 5.62. The number of halogens is 3. The van der Waals surface area contributed by atoms with Gasteiger partial charge in [0.2, 0.25) is 5.75 Å². The molecular formula is C20H36Cl3N3O4. The number of piperazine rings is 1. The smallest absolute Gasteiger partial charge is 0.203 e. The SMILES string of the molecule is COc1ccc(CN2CCN(CCN3CCOCC3)CC2)c(OC)c1OC.Cl.Cl.Cl. The number of hydrogen-bond donors (Lipinski definition) is 0. The molecule has 2 aliphatic heterocycles. The average Bonchev–Trinajstić information content (AvgIpc) is 2.73. The Morgan fingerprint density at radius 3 is 1.77 bits per heavy atom. The Bertz CT molecular complexity index is 599. The monoisotopic (exact) mass is 487 g/mol. The first-order valence-corrected chi connectivity index (χ1v) is 9.77. The normalized spacial score (nSPS) is 17.8. The molecule has 3 rings (SSSR count). The van der Waals surface area contributed by atoms with Gasteiger partial charge in [-0.3, -0.25) is 14.7 Å². The summed E-state index contributed by atoms with van der Waals surface area (Å²) < 4.78 is 21.9. The third-order valence-electron chi connectivity index (χ3n) is 5.48. The molecule has 30 heavy (non-hydrogen) atoms. The van der Waals surface area contributed by atoms with E-state index >= 15 is 0 Å². The summed E-state index contributed by atoms with van der Waals surface area (Å²) in [5, 5.41) is 0. The zero-order valence-electron chi connectivity index (χ0n) is 18.1. The van der Waals surface area contributed by atoms with Crippen molar-refractivity contribution in [1.82, 2.24) is 14.7 Å². The summed E-state index contributed by atoms with van der Waals surface area (Å²) in [6.45, 7) is 11.4. The van der Waals surface area contributed by atoms with E-state index in [1.54, 1.807) is 21.3 Å². The fraction of sp³-hybridized carbons (Fsp3) is 0.700. The highest BCUT2D eigenvalue weighted by molar-refractivity contribution is 5.86. The van der Waals surface area contributed by atoms with E-state index in [1.807, 2.05) is 6.07 Å². The van der Waals surface area contributed by atoms with Crippen molar-refractivity contribution in [1.29, 1.82) is 0 Å². The number of morpholine rings is 1. The summed E-state index contributed by atoms with van der Waals surface area (Å²) >= 11 is 0. The first kappa shape index (κ1) is 29.3. The molecule has 0 saturated carbocycles. The van der Waals surface area contributed by atoms with Crippen LogP contribution >= 0.6 is 37.2 Å². The van der Waals surface area contributed by atoms with Gasteiger partial charge in [0.05, 0.1) is 34.5 Å². The van der Waals surface area contributed by atoms with Gasteiger partial charge in [0.1, 0.15) is 0 Å². The Balaban J connectivity index is 0.00000280. The van der Waals surface area contributed by atoms with Gasteiger partial charge in [-0.2, -0.15) is 0 Å². The zero-order chi connectivity index (χ0) is 19.1. The number of benzene rings is 1. The van der Waals surface area contributed by atoms with Crippen molar-refractivity contribution in [2.24, 2.45) is 0 Å². The molecule has 0 amide bonds. The molecule has 2 heterocycles. The summed E-state index contributed by atoms with van der Waals surface area (Å²) in [4.78, 5) is 7.55. The molecule has 0 bridgehead atoms. The Labute approximate surface area is 199 Å². The summed E-state index contributed by atoms with van der Waals surface area (Å²) in [7, 11) is 4.98. The topological polar surface area (TPSA) is 46.6 Å². The Kier molecular flexibility index (Phi) is 14.8. The van der Waals surface area contributed by atoms with Crippen LogP contribution in [0.1, 0.15) is 5.56 Å². The van der Waals surface area contributed by atoms with E-state index < -0.39 is 0 Å². The molecule has 0 atom stereocenters. The predicted octanol–water partition coefficient (Wildman–Crippen LogP) is 2.43. The molecule has 0 unspecified atom stereocenters. The molecule has 2 saturated heterocycles. The van der Waals surface area contributed by atoms with Gasteiger partial charge in [-0.1, -0.05) is 6.07 Å². The molecule has 0 spiro atoms. The largest absolute Gasteiger partial charge is 0.493 e. The van der Waals surface area contributed by atoms with Gasteiger partial charge in [0.25, 0.3) is 0 Å². The lowest BCUT2D eigenvalue weighted by Crippen LogP contribution is -2.49. The van der Waals surface area contributed by atoms with Crippen LogP contribution < -0.4 is 14.2 Å². The van der Waals surface area contributed by atoms with E-state index in [2.05, 4.69) is 20.8 Å². The first-order valence-electron chi connectivity index (χ1n) is 9.77. The lowest BCUT2D eigenvalue weighted by Gasteiger charge is -2.36. The number of hydrogen-bond acceptors (Lipinski definition) is 7.